The zero-order chi connectivity index (χ0) is 29.7. The SMILES string of the molecule is Cc1ccc(S(=O)(=O)[O-])cc1.Cc1ccc(S(=O)(=O)[O-])cc1.[Sb].[c]1ccccc1.[c]1ccccc1.[c]1ccccc1. The molecule has 5 aromatic rings. The molecule has 41 heavy (non-hydrogen) atoms. The van der Waals surface area contributed by atoms with Gasteiger partial charge in [0.2, 0.25) is 0 Å². The predicted octanol–water partition coefficient (Wildman–Crippen LogP) is 5.88. The van der Waals surface area contributed by atoms with Crippen LogP contribution in [0.2, 0.25) is 0 Å². The van der Waals surface area contributed by atoms with E-state index in [1.807, 2.05) is 105 Å². The number of hydrogen-bond acceptors (Lipinski definition) is 6. The largest absolute Gasteiger partial charge is 0.744 e. The maximum absolute atomic E-state index is 10.4. The summed E-state index contributed by atoms with van der Waals surface area (Å²) in [5.41, 5.74) is 1.86. The molecule has 0 heterocycles. The molecule has 0 unspecified atom stereocenters. The Balaban J connectivity index is 0.000000499. The maximum atomic E-state index is 10.4. The third-order valence-corrected chi connectivity index (χ3v) is 6.14. The molecule has 0 atom stereocenters. The van der Waals surface area contributed by atoms with Crippen molar-refractivity contribution in [1.29, 1.82) is 0 Å². The molecule has 0 aliphatic carbocycles. The third-order valence-electron chi connectivity index (χ3n) is 4.44. The van der Waals surface area contributed by atoms with Crippen LogP contribution in [0.1, 0.15) is 11.1 Å². The molecule has 0 fully saturated rings. The molecule has 0 spiro atoms. The van der Waals surface area contributed by atoms with E-state index in [0.29, 0.717) is 0 Å². The summed E-state index contributed by atoms with van der Waals surface area (Å²) in [6.45, 7) is 3.64. The Hall–Kier alpha value is -3.26. The fraction of sp³-hybridized carbons (Fsp3) is 0.0625. The summed E-state index contributed by atoms with van der Waals surface area (Å²) >= 11 is 0. The van der Waals surface area contributed by atoms with Crippen LogP contribution in [0.3, 0.4) is 0 Å². The summed E-state index contributed by atoms with van der Waals surface area (Å²) in [6.07, 6.45) is 0. The summed E-state index contributed by atoms with van der Waals surface area (Å²) in [7, 11) is -8.54. The standard InChI is InChI=1S/2C7H8O3S.3C6H5.Sb/c2*1-6-2-4-7(5-3-6)11(8,9)10;3*1-2-4-6-5-3-1;/h2*2-5H,1H3,(H,8,9,10);3*1-5H;/p-2. The average Bonchev–Trinajstić information content (AvgIpc) is 2.97. The first-order chi connectivity index (χ1) is 19.0. The molecular formula is C32H29O6S2Sb-2. The van der Waals surface area contributed by atoms with Gasteiger partial charge >= 0.3 is 0 Å². The number of hydrogen-bond donors (Lipinski definition) is 0. The zero-order valence-corrected chi connectivity index (χ0v) is 26.7. The first kappa shape index (κ1) is 37.7. The molecule has 0 aromatic heterocycles. The second-order valence-electron chi connectivity index (χ2n) is 7.77. The van der Waals surface area contributed by atoms with Gasteiger partial charge in [0.25, 0.3) is 0 Å². The van der Waals surface area contributed by atoms with Crippen LogP contribution in [0, 0.1) is 32.0 Å². The normalized spacial score (nSPS) is 9.66. The Bertz CT molecular complexity index is 1290. The Morgan fingerprint density at radius 1 is 0.439 bits per heavy atom. The Kier molecular flexibility index (Phi) is 19.8. The Morgan fingerprint density at radius 2 is 0.659 bits per heavy atom. The molecular weight excluding hydrogens is 666 g/mol. The van der Waals surface area contributed by atoms with E-state index in [9.17, 15) is 25.9 Å². The van der Waals surface area contributed by atoms with Gasteiger partial charge in [-0.1, -0.05) is 126 Å². The van der Waals surface area contributed by atoms with Crippen molar-refractivity contribution in [3.05, 3.63) is 169 Å². The summed E-state index contributed by atoms with van der Waals surface area (Å²) < 4.78 is 62.3. The number of rotatable bonds is 2. The zero-order valence-electron chi connectivity index (χ0n) is 22.5. The van der Waals surface area contributed by atoms with Gasteiger partial charge < -0.3 is 9.11 Å². The molecule has 0 saturated carbocycles. The van der Waals surface area contributed by atoms with Crippen molar-refractivity contribution >= 4 is 44.7 Å². The van der Waals surface area contributed by atoms with E-state index in [4.69, 9.17) is 0 Å². The minimum Gasteiger partial charge on any atom is -0.744 e. The van der Waals surface area contributed by atoms with Gasteiger partial charge in [0.1, 0.15) is 20.2 Å². The molecule has 0 N–H and O–H groups in total. The maximum Gasteiger partial charge on any atom is 0.124 e. The minimum atomic E-state index is -4.27. The van der Waals surface area contributed by atoms with Crippen LogP contribution in [-0.4, -0.2) is 50.4 Å². The second-order valence-corrected chi connectivity index (χ2v) is 10.5. The van der Waals surface area contributed by atoms with Gasteiger partial charge in [0.15, 0.2) is 0 Å². The molecule has 0 bridgehead atoms. The first-order valence-corrected chi connectivity index (χ1v) is 14.6. The van der Waals surface area contributed by atoms with E-state index < -0.39 is 20.2 Å². The third kappa shape index (κ3) is 20.3. The quantitative estimate of drug-likeness (QED) is 0.169. The predicted molar refractivity (Wildman–Crippen MR) is 160 cm³/mol. The first-order valence-electron chi connectivity index (χ1n) is 11.8. The van der Waals surface area contributed by atoms with Gasteiger partial charge in [0.05, 0.1) is 9.79 Å². The van der Waals surface area contributed by atoms with E-state index in [1.54, 1.807) is 24.3 Å². The van der Waals surface area contributed by atoms with E-state index >= 15 is 0 Å². The monoisotopic (exact) mass is 694 g/mol. The fourth-order valence-corrected chi connectivity index (χ4v) is 3.37. The van der Waals surface area contributed by atoms with Gasteiger partial charge in [0, 0.05) is 24.4 Å². The molecule has 0 amide bonds. The van der Waals surface area contributed by atoms with Crippen LogP contribution < -0.4 is 0 Å². The second kappa shape index (κ2) is 21.5. The molecule has 6 radical (unpaired) electrons. The van der Waals surface area contributed by atoms with Crippen molar-refractivity contribution in [3.63, 3.8) is 0 Å². The van der Waals surface area contributed by atoms with Gasteiger partial charge in [-0.05, 0) is 56.3 Å². The van der Waals surface area contributed by atoms with Gasteiger partial charge in [-0.15, -0.1) is 0 Å². The molecule has 5 aromatic carbocycles. The van der Waals surface area contributed by atoms with E-state index in [2.05, 4.69) is 18.2 Å². The van der Waals surface area contributed by atoms with Crippen LogP contribution in [-0.2, 0) is 20.2 Å². The molecule has 0 aliphatic heterocycles. The van der Waals surface area contributed by atoms with Crippen molar-refractivity contribution in [2.45, 2.75) is 23.6 Å². The molecule has 5 rings (SSSR count). The van der Waals surface area contributed by atoms with Crippen LogP contribution >= 0.6 is 0 Å². The van der Waals surface area contributed by atoms with Crippen LogP contribution in [0.5, 0.6) is 0 Å². The van der Waals surface area contributed by atoms with Crippen molar-refractivity contribution in [2.24, 2.45) is 0 Å². The summed E-state index contributed by atoms with van der Waals surface area (Å²) in [5.74, 6) is 0. The van der Waals surface area contributed by atoms with E-state index in [0.717, 1.165) is 11.1 Å². The number of benzene rings is 5. The van der Waals surface area contributed by atoms with E-state index in [-0.39, 0.29) is 34.2 Å². The molecule has 212 valence electrons. The summed E-state index contributed by atoms with van der Waals surface area (Å²) in [4.78, 5) is -0.355. The smallest absolute Gasteiger partial charge is 0.124 e. The molecule has 6 nitrogen and oxygen atoms in total. The minimum absolute atomic E-state index is 0. The van der Waals surface area contributed by atoms with Gasteiger partial charge in [-0.25, -0.2) is 16.8 Å². The van der Waals surface area contributed by atoms with Gasteiger partial charge in [-0.3, -0.25) is 0 Å². The van der Waals surface area contributed by atoms with Crippen LogP contribution in [0.25, 0.3) is 0 Å². The fourth-order valence-electron chi connectivity index (χ4n) is 2.44. The summed E-state index contributed by atoms with van der Waals surface area (Å²) in [5, 5.41) is 0. The Labute approximate surface area is 261 Å². The van der Waals surface area contributed by atoms with Gasteiger partial charge in [-0.2, -0.15) is 0 Å². The van der Waals surface area contributed by atoms with Crippen LogP contribution in [0.4, 0.5) is 0 Å². The van der Waals surface area contributed by atoms with Crippen molar-refractivity contribution in [2.75, 3.05) is 0 Å². The topological polar surface area (TPSA) is 114 Å². The molecule has 9 heteroatoms. The van der Waals surface area contributed by atoms with Crippen molar-refractivity contribution < 1.29 is 25.9 Å². The average molecular weight is 695 g/mol. The van der Waals surface area contributed by atoms with Crippen molar-refractivity contribution in [1.82, 2.24) is 0 Å². The van der Waals surface area contributed by atoms with E-state index in [1.165, 1.54) is 24.3 Å². The summed E-state index contributed by atoms with van der Waals surface area (Å²) in [6, 6.07) is 49.1. The van der Waals surface area contributed by atoms with Crippen molar-refractivity contribution in [3.8, 4) is 0 Å². The Morgan fingerprint density at radius 3 is 0.780 bits per heavy atom. The van der Waals surface area contributed by atoms with Crippen LogP contribution in [0.15, 0.2) is 149 Å². The number of aryl methyl sites for hydroxylation is 2. The molecule has 0 saturated heterocycles. The molecule has 0 aliphatic rings.